The summed E-state index contributed by atoms with van der Waals surface area (Å²) in [6, 6.07) is 10.9. The van der Waals surface area contributed by atoms with E-state index in [1.807, 2.05) is 0 Å². The van der Waals surface area contributed by atoms with Gasteiger partial charge in [0.25, 0.3) is 5.91 Å². The van der Waals surface area contributed by atoms with Gasteiger partial charge >= 0.3 is 0 Å². The van der Waals surface area contributed by atoms with Crippen LogP contribution in [0.3, 0.4) is 0 Å². The van der Waals surface area contributed by atoms with Crippen molar-refractivity contribution in [3.05, 3.63) is 58.3 Å². The average molecular weight is 367 g/mol. The first-order valence-electron chi connectivity index (χ1n) is 6.24. The molecule has 0 fully saturated rings. The summed E-state index contributed by atoms with van der Waals surface area (Å²) in [4.78, 5) is 11.8. The Balaban J connectivity index is 2.01. The number of para-hydroxylation sites is 1. The van der Waals surface area contributed by atoms with Crippen LogP contribution in [-0.4, -0.2) is 23.9 Å². The van der Waals surface area contributed by atoms with Crippen molar-refractivity contribution in [2.24, 2.45) is 5.16 Å². The Morgan fingerprint density at radius 2 is 2.14 bits per heavy atom. The maximum Gasteiger partial charge on any atom is 0.262 e. The molecule has 1 amide bonds. The molecule has 0 spiro atoms. The molecule has 0 heterocycles. The molecule has 0 aromatic heterocycles. The molecule has 7 heteroatoms. The minimum Gasteiger partial charge on any atom is -0.483 e. The van der Waals surface area contributed by atoms with Crippen molar-refractivity contribution in [2.45, 2.75) is 0 Å². The number of nitrogens with one attached hydrogen (secondary N) is 1. The normalized spacial score (nSPS) is 10.6. The molecular formula is C15H12BrFN2O3. The van der Waals surface area contributed by atoms with Crippen LogP contribution < -0.4 is 10.1 Å². The number of carbonyl (C=O) groups is 1. The van der Waals surface area contributed by atoms with Crippen LogP contribution >= 0.6 is 15.9 Å². The van der Waals surface area contributed by atoms with Gasteiger partial charge in [-0.2, -0.15) is 0 Å². The Kier molecular flexibility index (Phi) is 5.48. The number of carbonyl (C=O) groups excluding carboxylic acids is 1. The summed E-state index contributed by atoms with van der Waals surface area (Å²) >= 11 is 3.28. The van der Waals surface area contributed by atoms with Crippen LogP contribution in [0.4, 0.5) is 10.1 Å². The average Bonchev–Trinajstić information content (AvgIpc) is 2.49. The maximum atomic E-state index is 13.4. The Morgan fingerprint density at radius 1 is 1.36 bits per heavy atom. The van der Waals surface area contributed by atoms with Gasteiger partial charge in [0.15, 0.2) is 6.61 Å². The first kappa shape index (κ1) is 16.0. The summed E-state index contributed by atoms with van der Waals surface area (Å²) in [5.41, 5.74) is 0.583. The molecule has 0 unspecified atom stereocenters. The van der Waals surface area contributed by atoms with Gasteiger partial charge in [0.2, 0.25) is 0 Å². The molecule has 0 bridgehead atoms. The van der Waals surface area contributed by atoms with Gasteiger partial charge in [-0.15, -0.1) is 0 Å². The third-order valence-electron chi connectivity index (χ3n) is 2.68. The van der Waals surface area contributed by atoms with Gasteiger partial charge in [-0.05, 0) is 30.3 Å². The molecule has 0 saturated heterocycles. The van der Waals surface area contributed by atoms with Crippen molar-refractivity contribution in [1.82, 2.24) is 0 Å². The van der Waals surface area contributed by atoms with Gasteiger partial charge in [-0.25, -0.2) is 4.39 Å². The molecule has 0 aliphatic rings. The third-order valence-corrected chi connectivity index (χ3v) is 3.17. The highest BCUT2D eigenvalue weighted by atomic mass is 79.9. The van der Waals surface area contributed by atoms with Gasteiger partial charge in [0.05, 0.1) is 11.9 Å². The van der Waals surface area contributed by atoms with Crippen LogP contribution in [0, 0.1) is 5.82 Å². The first-order valence-corrected chi connectivity index (χ1v) is 7.03. The second-order valence-electron chi connectivity index (χ2n) is 4.24. The van der Waals surface area contributed by atoms with E-state index in [1.165, 1.54) is 24.4 Å². The monoisotopic (exact) mass is 366 g/mol. The Bertz CT molecular complexity index is 707. The smallest absolute Gasteiger partial charge is 0.262 e. The highest BCUT2D eigenvalue weighted by Crippen LogP contribution is 2.22. The molecule has 0 aliphatic heterocycles. The molecule has 114 valence electrons. The lowest BCUT2D eigenvalue weighted by Crippen LogP contribution is -2.21. The van der Waals surface area contributed by atoms with Gasteiger partial charge in [-0.1, -0.05) is 33.2 Å². The second kappa shape index (κ2) is 7.56. The fourth-order valence-corrected chi connectivity index (χ4v) is 2.08. The molecule has 0 radical (unpaired) electrons. The maximum absolute atomic E-state index is 13.4. The highest BCUT2D eigenvalue weighted by Gasteiger charge is 2.09. The summed E-state index contributed by atoms with van der Waals surface area (Å²) in [5, 5.41) is 14.0. The van der Waals surface area contributed by atoms with Crippen molar-refractivity contribution in [1.29, 1.82) is 0 Å². The van der Waals surface area contributed by atoms with Crippen molar-refractivity contribution < 1.29 is 19.1 Å². The summed E-state index contributed by atoms with van der Waals surface area (Å²) in [5.74, 6) is -0.655. The van der Waals surface area contributed by atoms with E-state index < -0.39 is 11.7 Å². The van der Waals surface area contributed by atoms with E-state index in [9.17, 15) is 9.18 Å². The molecule has 2 aromatic rings. The van der Waals surface area contributed by atoms with E-state index in [0.717, 1.165) is 4.47 Å². The van der Waals surface area contributed by atoms with Crippen LogP contribution in [0.15, 0.2) is 52.1 Å². The summed E-state index contributed by atoms with van der Waals surface area (Å²) < 4.78 is 19.5. The van der Waals surface area contributed by atoms with Gasteiger partial charge in [-0.3, -0.25) is 4.79 Å². The predicted molar refractivity (Wildman–Crippen MR) is 84.0 cm³/mol. The lowest BCUT2D eigenvalue weighted by Gasteiger charge is -2.10. The lowest BCUT2D eigenvalue weighted by atomic mass is 10.2. The Hall–Kier alpha value is -2.41. The first-order chi connectivity index (χ1) is 10.6. The molecule has 22 heavy (non-hydrogen) atoms. The molecule has 2 aromatic carbocycles. The number of oxime groups is 1. The quantitative estimate of drug-likeness (QED) is 0.483. The molecule has 5 nitrogen and oxygen atoms in total. The SMILES string of the molecule is O=C(COc1ccc(Br)cc1/C=N/O)Nc1ccccc1F. The summed E-state index contributed by atoms with van der Waals surface area (Å²) in [7, 11) is 0. The molecule has 0 aliphatic carbocycles. The van der Waals surface area contributed by atoms with E-state index in [2.05, 4.69) is 26.4 Å². The number of hydrogen-bond donors (Lipinski definition) is 2. The zero-order chi connectivity index (χ0) is 15.9. The molecule has 0 atom stereocenters. The fraction of sp³-hybridized carbons (Fsp3) is 0.0667. The number of amides is 1. The predicted octanol–water partition coefficient (Wildman–Crippen LogP) is 3.41. The molecular weight excluding hydrogens is 355 g/mol. The van der Waals surface area contributed by atoms with E-state index >= 15 is 0 Å². The van der Waals surface area contributed by atoms with Crippen LogP contribution in [0.2, 0.25) is 0 Å². The minimum absolute atomic E-state index is 0.0871. The van der Waals surface area contributed by atoms with Gasteiger partial charge in [0.1, 0.15) is 11.6 Å². The third kappa shape index (κ3) is 4.29. The zero-order valence-electron chi connectivity index (χ0n) is 11.3. The Morgan fingerprint density at radius 3 is 2.86 bits per heavy atom. The van der Waals surface area contributed by atoms with Crippen molar-refractivity contribution in [2.75, 3.05) is 11.9 Å². The minimum atomic E-state index is -0.521. The fourth-order valence-electron chi connectivity index (χ4n) is 1.71. The number of nitrogens with zero attached hydrogens (tertiary/aromatic N) is 1. The summed E-state index contributed by atoms with van der Waals surface area (Å²) in [6.45, 7) is -0.303. The van der Waals surface area contributed by atoms with Crippen LogP contribution in [0.5, 0.6) is 5.75 Å². The van der Waals surface area contributed by atoms with Gasteiger partial charge in [0, 0.05) is 10.0 Å². The van der Waals surface area contributed by atoms with E-state index in [4.69, 9.17) is 9.94 Å². The van der Waals surface area contributed by atoms with Crippen LogP contribution in [0.25, 0.3) is 0 Å². The van der Waals surface area contributed by atoms with E-state index in [-0.39, 0.29) is 12.3 Å². The largest absolute Gasteiger partial charge is 0.483 e. The summed E-state index contributed by atoms with van der Waals surface area (Å²) in [6.07, 6.45) is 1.19. The van der Waals surface area contributed by atoms with Crippen molar-refractivity contribution in [3.8, 4) is 5.75 Å². The number of hydrogen-bond acceptors (Lipinski definition) is 4. The molecule has 0 saturated carbocycles. The standard InChI is InChI=1S/C15H12BrFN2O3/c16-11-5-6-14(10(7-11)8-18-21)22-9-15(20)19-13-4-2-1-3-12(13)17/h1-8,21H,9H2,(H,19,20)/b18-8+. The topological polar surface area (TPSA) is 70.9 Å². The highest BCUT2D eigenvalue weighted by molar-refractivity contribution is 9.10. The number of benzene rings is 2. The number of halogens is 2. The molecule has 2 N–H and O–H groups in total. The van der Waals surface area contributed by atoms with Crippen molar-refractivity contribution in [3.63, 3.8) is 0 Å². The van der Waals surface area contributed by atoms with Crippen molar-refractivity contribution >= 4 is 33.7 Å². The van der Waals surface area contributed by atoms with Crippen LogP contribution in [-0.2, 0) is 4.79 Å². The second-order valence-corrected chi connectivity index (χ2v) is 5.16. The zero-order valence-corrected chi connectivity index (χ0v) is 12.9. The lowest BCUT2D eigenvalue weighted by molar-refractivity contribution is -0.118. The number of ether oxygens (including phenoxy) is 1. The molecule has 2 rings (SSSR count). The van der Waals surface area contributed by atoms with Gasteiger partial charge < -0.3 is 15.3 Å². The van der Waals surface area contributed by atoms with E-state index in [1.54, 1.807) is 24.3 Å². The number of anilines is 1. The number of rotatable bonds is 5. The Labute approximate surface area is 134 Å². The van der Waals surface area contributed by atoms with Crippen LogP contribution in [0.1, 0.15) is 5.56 Å². The van der Waals surface area contributed by atoms with E-state index in [0.29, 0.717) is 11.3 Å².